The first-order chi connectivity index (χ1) is 7.71. The average Bonchev–Trinajstić information content (AvgIpc) is 2.35. The van der Waals surface area contributed by atoms with E-state index in [1.165, 1.54) is 6.08 Å². The Balaban J connectivity index is 2.91. The quantitative estimate of drug-likeness (QED) is 0.783. The predicted molar refractivity (Wildman–Crippen MR) is 62.6 cm³/mol. The van der Waals surface area contributed by atoms with Crippen LogP contribution in [0.5, 0.6) is 11.5 Å². The van der Waals surface area contributed by atoms with Crippen LogP contribution in [0.15, 0.2) is 24.3 Å². The Morgan fingerprint density at radius 3 is 2.50 bits per heavy atom. The van der Waals surface area contributed by atoms with Crippen molar-refractivity contribution in [2.75, 3.05) is 21.3 Å². The van der Waals surface area contributed by atoms with Gasteiger partial charge in [-0.1, -0.05) is 6.07 Å². The largest absolute Gasteiger partial charge is 0.493 e. The molecule has 4 nitrogen and oxygen atoms in total. The van der Waals surface area contributed by atoms with Gasteiger partial charge in [-0.15, -0.1) is 0 Å². The van der Waals surface area contributed by atoms with Crippen molar-refractivity contribution in [3.63, 3.8) is 0 Å². The Bertz CT molecular complexity index is 399. The maximum absolute atomic E-state index is 11.0. The van der Waals surface area contributed by atoms with Crippen LogP contribution in [0.2, 0.25) is 0 Å². The summed E-state index contributed by atoms with van der Waals surface area (Å²) in [6.45, 7) is 0. The van der Waals surface area contributed by atoms with Gasteiger partial charge in [0.25, 0.3) is 0 Å². The van der Waals surface area contributed by atoms with Gasteiger partial charge in [-0.05, 0) is 23.8 Å². The highest BCUT2D eigenvalue weighted by Crippen LogP contribution is 2.27. The number of methoxy groups -OCH3 is 2. The lowest BCUT2D eigenvalue weighted by Gasteiger charge is -2.07. The Hall–Kier alpha value is -1.97. The standard InChI is InChI=1S/C12H15NO3/c1-13-12(14)7-5-9-4-6-10(15-2)11(8-9)16-3/h4-8H,1-3H3,(H,13,14)/b7-5+. The number of nitrogens with one attached hydrogen (secondary N) is 1. The Labute approximate surface area is 94.9 Å². The summed E-state index contributed by atoms with van der Waals surface area (Å²) >= 11 is 0. The van der Waals surface area contributed by atoms with E-state index in [2.05, 4.69) is 5.32 Å². The number of carbonyl (C=O) groups excluding carboxylic acids is 1. The fourth-order valence-electron chi connectivity index (χ4n) is 1.21. The number of hydrogen-bond donors (Lipinski definition) is 1. The minimum Gasteiger partial charge on any atom is -0.493 e. The van der Waals surface area contributed by atoms with Crippen LogP contribution in [0.3, 0.4) is 0 Å². The zero-order valence-electron chi connectivity index (χ0n) is 9.61. The van der Waals surface area contributed by atoms with Gasteiger partial charge in [-0.2, -0.15) is 0 Å². The minimum absolute atomic E-state index is 0.144. The van der Waals surface area contributed by atoms with Gasteiger partial charge in [-0.25, -0.2) is 0 Å². The van der Waals surface area contributed by atoms with Gasteiger partial charge < -0.3 is 14.8 Å². The fourth-order valence-corrected chi connectivity index (χ4v) is 1.21. The van der Waals surface area contributed by atoms with E-state index >= 15 is 0 Å². The summed E-state index contributed by atoms with van der Waals surface area (Å²) in [6.07, 6.45) is 3.17. The summed E-state index contributed by atoms with van der Waals surface area (Å²) in [5.41, 5.74) is 0.876. The minimum atomic E-state index is -0.144. The molecule has 1 aromatic carbocycles. The predicted octanol–water partition coefficient (Wildman–Crippen LogP) is 1.46. The molecule has 0 spiro atoms. The molecule has 0 fully saturated rings. The Morgan fingerprint density at radius 1 is 1.25 bits per heavy atom. The van der Waals surface area contributed by atoms with Crippen LogP contribution in [0.25, 0.3) is 6.08 Å². The fraction of sp³-hybridized carbons (Fsp3) is 0.250. The lowest BCUT2D eigenvalue weighted by atomic mass is 10.2. The summed E-state index contributed by atoms with van der Waals surface area (Å²) in [5, 5.41) is 2.50. The van der Waals surface area contributed by atoms with Crippen molar-refractivity contribution in [1.82, 2.24) is 5.32 Å². The first kappa shape index (κ1) is 12.1. The molecule has 0 aliphatic carbocycles. The highest BCUT2D eigenvalue weighted by atomic mass is 16.5. The number of ether oxygens (including phenoxy) is 2. The van der Waals surface area contributed by atoms with Crippen LogP contribution < -0.4 is 14.8 Å². The van der Waals surface area contributed by atoms with E-state index in [0.717, 1.165) is 5.56 Å². The average molecular weight is 221 g/mol. The van der Waals surface area contributed by atoms with Crippen LogP contribution >= 0.6 is 0 Å². The van der Waals surface area contributed by atoms with E-state index in [4.69, 9.17) is 9.47 Å². The molecule has 0 saturated carbocycles. The third-order valence-corrected chi connectivity index (χ3v) is 2.08. The number of amides is 1. The highest BCUT2D eigenvalue weighted by molar-refractivity contribution is 5.91. The molecule has 1 rings (SSSR count). The van der Waals surface area contributed by atoms with E-state index in [1.807, 2.05) is 6.07 Å². The lowest BCUT2D eigenvalue weighted by molar-refractivity contribution is -0.115. The van der Waals surface area contributed by atoms with E-state index < -0.39 is 0 Å². The van der Waals surface area contributed by atoms with Crippen LogP contribution in [0.4, 0.5) is 0 Å². The van der Waals surface area contributed by atoms with Gasteiger partial charge in [0.05, 0.1) is 14.2 Å². The zero-order valence-corrected chi connectivity index (χ0v) is 9.61. The van der Waals surface area contributed by atoms with E-state index in [1.54, 1.807) is 39.5 Å². The molecule has 0 unspecified atom stereocenters. The maximum atomic E-state index is 11.0. The molecule has 0 aromatic heterocycles. The summed E-state index contributed by atoms with van der Waals surface area (Å²) in [4.78, 5) is 11.0. The topological polar surface area (TPSA) is 47.6 Å². The molecular formula is C12H15NO3. The van der Waals surface area contributed by atoms with Crippen molar-refractivity contribution in [3.05, 3.63) is 29.8 Å². The Morgan fingerprint density at radius 2 is 1.94 bits per heavy atom. The third-order valence-electron chi connectivity index (χ3n) is 2.08. The monoisotopic (exact) mass is 221 g/mol. The summed E-state index contributed by atoms with van der Waals surface area (Å²) in [7, 11) is 4.74. The van der Waals surface area contributed by atoms with Crippen molar-refractivity contribution in [1.29, 1.82) is 0 Å². The molecule has 1 aromatic rings. The number of rotatable bonds is 4. The number of likely N-dealkylation sites (N-methyl/N-ethyl adjacent to an activating group) is 1. The molecule has 0 aliphatic heterocycles. The first-order valence-corrected chi connectivity index (χ1v) is 4.83. The van der Waals surface area contributed by atoms with Crippen LogP contribution in [-0.4, -0.2) is 27.2 Å². The van der Waals surface area contributed by atoms with Crippen LogP contribution in [0, 0.1) is 0 Å². The molecule has 1 amide bonds. The normalized spacial score (nSPS) is 10.2. The number of carbonyl (C=O) groups is 1. The second-order valence-electron chi connectivity index (χ2n) is 3.06. The summed E-state index contributed by atoms with van der Waals surface area (Å²) in [5.74, 6) is 1.16. The van der Waals surface area contributed by atoms with Gasteiger partial charge in [-0.3, -0.25) is 4.79 Å². The molecule has 0 saturated heterocycles. The number of hydrogen-bond acceptors (Lipinski definition) is 3. The molecule has 1 N–H and O–H groups in total. The van der Waals surface area contributed by atoms with Gasteiger partial charge in [0.1, 0.15) is 0 Å². The van der Waals surface area contributed by atoms with E-state index in [-0.39, 0.29) is 5.91 Å². The maximum Gasteiger partial charge on any atom is 0.243 e. The zero-order chi connectivity index (χ0) is 12.0. The molecule has 0 heterocycles. The highest BCUT2D eigenvalue weighted by Gasteiger charge is 2.02. The first-order valence-electron chi connectivity index (χ1n) is 4.83. The lowest BCUT2D eigenvalue weighted by Crippen LogP contribution is -2.13. The molecule has 0 radical (unpaired) electrons. The molecule has 0 atom stereocenters. The van der Waals surface area contributed by atoms with Gasteiger partial charge >= 0.3 is 0 Å². The van der Waals surface area contributed by atoms with Crippen molar-refractivity contribution in [2.45, 2.75) is 0 Å². The number of benzene rings is 1. The second kappa shape index (κ2) is 5.80. The SMILES string of the molecule is CNC(=O)/C=C/c1ccc(OC)c(OC)c1. The van der Waals surface area contributed by atoms with Gasteiger partial charge in [0, 0.05) is 13.1 Å². The van der Waals surface area contributed by atoms with Crippen LogP contribution in [-0.2, 0) is 4.79 Å². The van der Waals surface area contributed by atoms with Gasteiger partial charge in [0.15, 0.2) is 11.5 Å². The van der Waals surface area contributed by atoms with Crippen molar-refractivity contribution in [2.24, 2.45) is 0 Å². The molecule has 4 heteroatoms. The molecule has 0 aliphatic rings. The molecule has 86 valence electrons. The molecule has 16 heavy (non-hydrogen) atoms. The van der Waals surface area contributed by atoms with Crippen molar-refractivity contribution >= 4 is 12.0 Å². The van der Waals surface area contributed by atoms with Crippen LogP contribution in [0.1, 0.15) is 5.56 Å². The molecular weight excluding hydrogens is 206 g/mol. The smallest absolute Gasteiger partial charge is 0.243 e. The summed E-state index contributed by atoms with van der Waals surface area (Å²) in [6, 6.07) is 5.45. The Kier molecular flexibility index (Phi) is 4.39. The molecule has 0 bridgehead atoms. The van der Waals surface area contributed by atoms with Gasteiger partial charge in [0.2, 0.25) is 5.91 Å². The van der Waals surface area contributed by atoms with Crippen molar-refractivity contribution in [3.8, 4) is 11.5 Å². The summed E-state index contributed by atoms with van der Waals surface area (Å²) < 4.78 is 10.3. The van der Waals surface area contributed by atoms with Crippen molar-refractivity contribution < 1.29 is 14.3 Å². The van der Waals surface area contributed by atoms with E-state index in [0.29, 0.717) is 11.5 Å². The third kappa shape index (κ3) is 3.02. The second-order valence-corrected chi connectivity index (χ2v) is 3.06. The van der Waals surface area contributed by atoms with E-state index in [9.17, 15) is 4.79 Å².